The number of piperazine rings is 1. The molecule has 2 aromatic carbocycles. The van der Waals surface area contributed by atoms with Crippen LogP contribution in [0.25, 0.3) is 0 Å². The Morgan fingerprint density at radius 1 is 1.14 bits per heavy atom. The zero-order chi connectivity index (χ0) is 26.2. The molecule has 194 valence electrons. The molecular formula is C26H28F2N6O3. The zero-order valence-corrected chi connectivity index (χ0v) is 20.4. The summed E-state index contributed by atoms with van der Waals surface area (Å²) in [6, 6.07) is 11.6. The predicted octanol–water partition coefficient (Wildman–Crippen LogP) is 4.38. The summed E-state index contributed by atoms with van der Waals surface area (Å²) < 4.78 is 38.6. The minimum atomic E-state index is -0.379. The molecule has 0 aliphatic carbocycles. The van der Waals surface area contributed by atoms with Gasteiger partial charge in [0.2, 0.25) is 5.91 Å². The maximum Gasteiger partial charge on any atom is 0.285 e. The topological polar surface area (TPSA) is 91.8 Å². The smallest absolute Gasteiger partial charge is 0.285 e. The number of ether oxygens (including phenoxy) is 2. The lowest BCUT2D eigenvalue weighted by atomic mass is 10.2. The normalized spacial score (nSPS) is 13.6. The molecule has 1 saturated heterocycles. The molecule has 9 nitrogen and oxygen atoms in total. The first-order chi connectivity index (χ1) is 18.0. The lowest BCUT2D eigenvalue weighted by molar-refractivity contribution is -0.111. The lowest BCUT2D eigenvalue weighted by Gasteiger charge is -2.35. The van der Waals surface area contributed by atoms with Crippen molar-refractivity contribution in [3.8, 4) is 17.5 Å². The van der Waals surface area contributed by atoms with Gasteiger partial charge in [0, 0.05) is 50.2 Å². The first-order valence-electron chi connectivity index (χ1n) is 11.7. The van der Waals surface area contributed by atoms with E-state index in [1.807, 2.05) is 9.80 Å². The number of amides is 1. The van der Waals surface area contributed by atoms with Crippen LogP contribution in [0.1, 0.15) is 0 Å². The highest BCUT2D eigenvalue weighted by molar-refractivity contribution is 5.98. The molecule has 2 heterocycles. The number of anilines is 4. The highest BCUT2D eigenvalue weighted by Gasteiger charge is 2.20. The van der Waals surface area contributed by atoms with Crippen molar-refractivity contribution in [2.45, 2.75) is 0 Å². The molecule has 1 aromatic heterocycles. The zero-order valence-electron chi connectivity index (χ0n) is 20.4. The van der Waals surface area contributed by atoms with E-state index in [9.17, 15) is 13.6 Å². The third-order valence-electron chi connectivity index (χ3n) is 5.74. The van der Waals surface area contributed by atoms with Gasteiger partial charge in [0.05, 0.1) is 19.0 Å². The molecule has 0 atom stereocenters. The first kappa shape index (κ1) is 25.8. The van der Waals surface area contributed by atoms with Gasteiger partial charge in [0.25, 0.3) is 11.8 Å². The number of halogens is 2. The number of carbonyl (C=O) groups is 1. The largest absolute Gasteiger partial charge is 0.477 e. The molecule has 0 spiro atoms. The Balaban J connectivity index is 1.46. The van der Waals surface area contributed by atoms with Gasteiger partial charge < -0.3 is 25.0 Å². The molecule has 1 aliphatic heterocycles. The fourth-order valence-electron chi connectivity index (χ4n) is 3.89. The second kappa shape index (κ2) is 12.1. The van der Waals surface area contributed by atoms with Crippen LogP contribution in [0.4, 0.5) is 31.7 Å². The average Bonchev–Trinajstić information content (AvgIpc) is 2.90. The minimum Gasteiger partial charge on any atom is -0.477 e. The maximum atomic E-state index is 14.9. The monoisotopic (exact) mass is 510 g/mol. The van der Waals surface area contributed by atoms with Crippen LogP contribution < -0.4 is 25.0 Å². The number of aromatic nitrogens is 2. The molecule has 0 unspecified atom stereocenters. The molecule has 2 N–H and O–H groups in total. The van der Waals surface area contributed by atoms with Crippen LogP contribution in [-0.4, -0.2) is 67.3 Å². The van der Waals surface area contributed by atoms with Crippen LogP contribution in [0.15, 0.2) is 61.3 Å². The highest BCUT2D eigenvalue weighted by atomic mass is 19.1. The van der Waals surface area contributed by atoms with E-state index in [1.54, 1.807) is 36.4 Å². The number of carbonyl (C=O) groups excluding carboxylic acids is 1. The fourth-order valence-corrected chi connectivity index (χ4v) is 3.89. The summed E-state index contributed by atoms with van der Waals surface area (Å²) in [5, 5.41) is 5.69. The van der Waals surface area contributed by atoms with Crippen molar-refractivity contribution in [3.05, 3.63) is 67.1 Å². The van der Waals surface area contributed by atoms with E-state index >= 15 is 0 Å². The van der Waals surface area contributed by atoms with Crippen LogP contribution in [0.3, 0.4) is 0 Å². The number of nitrogens with zero attached hydrogens (tertiary/aromatic N) is 4. The molecule has 1 aliphatic rings. The first-order valence-corrected chi connectivity index (χ1v) is 11.7. The molecule has 0 bridgehead atoms. The van der Waals surface area contributed by atoms with E-state index < -0.39 is 0 Å². The molecule has 3 aromatic rings. The summed E-state index contributed by atoms with van der Waals surface area (Å²) in [6.45, 7) is 6.11. The highest BCUT2D eigenvalue weighted by Crippen LogP contribution is 2.31. The summed E-state index contributed by atoms with van der Waals surface area (Å²) in [7, 11) is 1.44. The van der Waals surface area contributed by atoms with Crippen LogP contribution in [0.5, 0.6) is 17.5 Å². The SMILES string of the molecule is C=CC(=O)Nc1cccc(Oc2nc(Nc3ccc(N4CCN(CCF)CC4)c(F)c3)cnc2OC)c1. The van der Waals surface area contributed by atoms with E-state index in [2.05, 4.69) is 27.2 Å². The summed E-state index contributed by atoms with van der Waals surface area (Å²) >= 11 is 0. The number of methoxy groups -OCH3 is 1. The second-order valence-corrected chi connectivity index (χ2v) is 8.20. The van der Waals surface area contributed by atoms with Gasteiger partial charge >= 0.3 is 0 Å². The van der Waals surface area contributed by atoms with Gasteiger partial charge in [-0.2, -0.15) is 4.98 Å². The van der Waals surface area contributed by atoms with Crippen molar-refractivity contribution in [2.24, 2.45) is 0 Å². The molecule has 11 heteroatoms. The lowest BCUT2D eigenvalue weighted by Crippen LogP contribution is -2.47. The third kappa shape index (κ3) is 6.70. The minimum absolute atomic E-state index is 0.0861. The molecule has 1 fully saturated rings. The molecule has 0 saturated carbocycles. The Morgan fingerprint density at radius 3 is 2.65 bits per heavy atom. The van der Waals surface area contributed by atoms with E-state index in [4.69, 9.17) is 9.47 Å². The quantitative estimate of drug-likeness (QED) is 0.389. The number of hydrogen-bond acceptors (Lipinski definition) is 8. The standard InChI is InChI=1S/C26H28F2N6O3/c1-3-24(35)31-18-5-4-6-20(15-18)37-26-25(36-2)29-17-23(32-26)30-19-7-8-22(21(28)16-19)34-13-11-33(10-9-27)12-14-34/h3-8,15-17H,1,9-14H2,2H3,(H,30,32)(H,31,35). The van der Waals surface area contributed by atoms with E-state index in [0.29, 0.717) is 61.4 Å². The molecule has 4 rings (SSSR count). The van der Waals surface area contributed by atoms with Gasteiger partial charge in [0.1, 0.15) is 18.2 Å². The van der Waals surface area contributed by atoms with E-state index in [1.165, 1.54) is 25.4 Å². The Bertz CT molecular complexity index is 1250. The molecule has 1 amide bonds. The van der Waals surface area contributed by atoms with E-state index in [0.717, 1.165) is 0 Å². The fraction of sp³-hybridized carbons (Fsp3) is 0.269. The van der Waals surface area contributed by atoms with E-state index in [-0.39, 0.29) is 30.2 Å². The van der Waals surface area contributed by atoms with Gasteiger partial charge in [-0.1, -0.05) is 12.6 Å². The van der Waals surface area contributed by atoms with Crippen molar-refractivity contribution >= 4 is 28.8 Å². The van der Waals surface area contributed by atoms with Crippen molar-refractivity contribution in [1.82, 2.24) is 14.9 Å². The third-order valence-corrected chi connectivity index (χ3v) is 5.74. The van der Waals surface area contributed by atoms with Crippen molar-refractivity contribution in [2.75, 3.05) is 62.0 Å². The van der Waals surface area contributed by atoms with Gasteiger partial charge in [-0.3, -0.25) is 9.69 Å². The number of benzene rings is 2. The van der Waals surface area contributed by atoms with Gasteiger partial charge in [-0.05, 0) is 36.4 Å². The van der Waals surface area contributed by atoms with Gasteiger partial charge in [-0.15, -0.1) is 0 Å². The molecule has 37 heavy (non-hydrogen) atoms. The van der Waals surface area contributed by atoms with Gasteiger partial charge in [0.15, 0.2) is 5.82 Å². The summed E-state index contributed by atoms with van der Waals surface area (Å²) in [4.78, 5) is 24.2. The predicted molar refractivity (Wildman–Crippen MR) is 138 cm³/mol. The van der Waals surface area contributed by atoms with Crippen molar-refractivity contribution in [3.63, 3.8) is 0 Å². The van der Waals surface area contributed by atoms with Crippen LogP contribution in [-0.2, 0) is 4.79 Å². The van der Waals surface area contributed by atoms with Crippen LogP contribution in [0, 0.1) is 5.82 Å². The molecular weight excluding hydrogens is 482 g/mol. The van der Waals surface area contributed by atoms with Crippen LogP contribution >= 0.6 is 0 Å². The average molecular weight is 511 g/mol. The van der Waals surface area contributed by atoms with Gasteiger partial charge in [-0.25, -0.2) is 13.8 Å². The Kier molecular flexibility index (Phi) is 8.47. The second-order valence-electron chi connectivity index (χ2n) is 8.20. The number of alkyl halides is 1. The number of rotatable bonds is 10. The maximum absolute atomic E-state index is 14.9. The Hall–Kier alpha value is -4.25. The Labute approximate surface area is 213 Å². The molecule has 0 radical (unpaired) electrons. The number of nitrogens with one attached hydrogen (secondary N) is 2. The Morgan fingerprint density at radius 2 is 1.95 bits per heavy atom. The van der Waals surface area contributed by atoms with Crippen LogP contribution in [0.2, 0.25) is 0 Å². The summed E-state index contributed by atoms with van der Waals surface area (Å²) in [5.74, 6) is 0.230. The number of hydrogen-bond donors (Lipinski definition) is 2. The van der Waals surface area contributed by atoms with Crippen molar-refractivity contribution < 1.29 is 23.0 Å². The summed E-state index contributed by atoms with van der Waals surface area (Å²) in [5.41, 5.74) is 1.50. The summed E-state index contributed by atoms with van der Waals surface area (Å²) in [6.07, 6.45) is 2.62. The van der Waals surface area contributed by atoms with Crippen molar-refractivity contribution in [1.29, 1.82) is 0 Å².